The fraction of sp³-hybridized carbons (Fsp3) is 0.308. The van der Waals surface area contributed by atoms with Gasteiger partial charge in [0, 0.05) is 5.57 Å². The number of rotatable bonds is 4. The third-order valence-electron chi connectivity index (χ3n) is 2.10. The number of ether oxygens (including phenoxy) is 2. The number of methoxy groups -OCH3 is 1. The largest absolute Gasteiger partial charge is 0.497 e. The maximum atomic E-state index is 5.26. The van der Waals surface area contributed by atoms with Gasteiger partial charge in [-0.3, -0.25) is 0 Å². The molecule has 86 valence electrons. The minimum Gasteiger partial charge on any atom is -0.497 e. The van der Waals surface area contributed by atoms with Crippen LogP contribution >= 0.6 is 12.2 Å². The van der Waals surface area contributed by atoms with Crippen LogP contribution in [0.2, 0.25) is 0 Å². The minimum atomic E-state index is 0.554. The van der Waals surface area contributed by atoms with Crippen molar-refractivity contribution in [3.8, 4) is 5.75 Å². The Kier molecular flexibility index (Phi) is 4.99. The van der Waals surface area contributed by atoms with Crippen LogP contribution in [0.4, 0.5) is 0 Å². The lowest BCUT2D eigenvalue weighted by molar-refractivity contribution is 0.337. The summed E-state index contributed by atoms with van der Waals surface area (Å²) in [5, 5.41) is 0.554. The average Bonchev–Trinajstić information content (AvgIpc) is 2.30. The van der Waals surface area contributed by atoms with Gasteiger partial charge in [-0.2, -0.15) is 0 Å². The van der Waals surface area contributed by atoms with E-state index in [9.17, 15) is 0 Å². The lowest BCUT2D eigenvalue weighted by Gasteiger charge is -2.05. The predicted octanol–water partition coefficient (Wildman–Crippen LogP) is 3.46. The van der Waals surface area contributed by atoms with Crippen molar-refractivity contribution in [1.82, 2.24) is 0 Å². The molecule has 0 saturated carbocycles. The van der Waals surface area contributed by atoms with Crippen LogP contribution in [0.25, 0.3) is 6.08 Å². The summed E-state index contributed by atoms with van der Waals surface area (Å²) in [5.41, 5.74) is 2.04. The number of benzene rings is 1. The third-order valence-corrected chi connectivity index (χ3v) is 2.54. The van der Waals surface area contributed by atoms with Crippen molar-refractivity contribution < 1.29 is 9.47 Å². The minimum absolute atomic E-state index is 0.554. The zero-order chi connectivity index (χ0) is 12.0. The first-order valence-electron chi connectivity index (χ1n) is 5.17. The first-order chi connectivity index (χ1) is 7.67. The lowest BCUT2D eigenvalue weighted by Crippen LogP contribution is -2.02. The van der Waals surface area contributed by atoms with Gasteiger partial charge in [-0.15, -0.1) is 0 Å². The molecule has 1 aromatic rings. The molecular formula is C13H16O2S. The van der Waals surface area contributed by atoms with Crippen LogP contribution < -0.4 is 4.74 Å². The Hall–Kier alpha value is -1.35. The average molecular weight is 236 g/mol. The zero-order valence-corrected chi connectivity index (χ0v) is 10.6. The van der Waals surface area contributed by atoms with E-state index in [1.54, 1.807) is 7.11 Å². The summed E-state index contributed by atoms with van der Waals surface area (Å²) in [7, 11) is 1.65. The van der Waals surface area contributed by atoms with Gasteiger partial charge >= 0.3 is 0 Å². The first-order valence-corrected chi connectivity index (χ1v) is 5.57. The van der Waals surface area contributed by atoms with Crippen LogP contribution in [-0.2, 0) is 4.74 Å². The van der Waals surface area contributed by atoms with E-state index in [0.29, 0.717) is 11.7 Å². The molecule has 0 spiro atoms. The van der Waals surface area contributed by atoms with Gasteiger partial charge in [-0.05, 0) is 49.8 Å². The second kappa shape index (κ2) is 6.28. The highest BCUT2D eigenvalue weighted by atomic mass is 32.1. The zero-order valence-electron chi connectivity index (χ0n) is 9.82. The van der Waals surface area contributed by atoms with Crippen LogP contribution in [0.5, 0.6) is 5.75 Å². The second-order valence-electron chi connectivity index (χ2n) is 3.32. The van der Waals surface area contributed by atoms with Crippen LogP contribution in [0.15, 0.2) is 29.8 Å². The highest BCUT2D eigenvalue weighted by Crippen LogP contribution is 2.14. The summed E-state index contributed by atoms with van der Waals surface area (Å²) in [6.45, 7) is 4.47. The molecule has 0 amide bonds. The third kappa shape index (κ3) is 3.66. The SMILES string of the molecule is CCOC(=S)/C(C)=C/c1ccc(OC)cc1. The molecule has 0 saturated heterocycles. The predicted molar refractivity (Wildman–Crippen MR) is 70.9 cm³/mol. The molecule has 0 aromatic heterocycles. The first kappa shape index (κ1) is 12.7. The van der Waals surface area contributed by atoms with Gasteiger partial charge < -0.3 is 9.47 Å². The Morgan fingerprint density at radius 1 is 1.31 bits per heavy atom. The summed E-state index contributed by atoms with van der Waals surface area (Å²) in [4.78, 5) is 0. The molecule has 0 atom stereocenters. The molecule has 3 heteroatoms. The van der Waals surface area contributed by atoms with Gasteiger partial charge in [0.2, 0.25) is 0 Å². The van der Waals surface area contributed by atoms with Crippen LogP contribution in [-0.4, -0.2) is 18.8 Å². The van der Waals surface area contributed by atoms with Crippen LogP contribution in [0.3, 0.4) is 0 Å². The molecule has 1 aromatic carbocycles. The van der Waals surface area contributed by atoms with E-state index >= 15 is 0 Å². The fourth-order valence-corrected chi connectivity index (χ4v) is 1.43. The Morgan fingerprint density at radius 3 is 2.44 bits per heavy atom. The molecule has 16 heavy (non-hydrogen) atoms. The summed E-state index contributed by atoms with van der Waals surface area (Å²) >= 11 is 5.11. The van der Waals surface area contributed by atoms with E-state index in [1.165, 1.54) is 0 Å². The normalized spacial score (nSPS) is 11.1. The standard InChI is InChI=1S/C13H16O2S/c1-4-15-13(16)10(2)9-11-5-7-12(14-3)8-6-11/h5-9H,4H2,1-3H3/b10-9+. The van der Waals surface area contributed by atoms with Crippen LogP contribution in [0.1, 0.15) is 19.4 Å². The van der Waals surface area contributed by atoms with Crippen molar-refractivity contribution in [2.75, 3.05) is 13.7 Å². The van der Waals surface area contributed by atoms with Gasteiger partial charge in [0.05, 0.1) is 13.7 Å². The molecule has 0 fully saturated rings. The maximum absolute atomic E-state index is 5.26. The molecule has 0 aliphatic carbocycles. The van der Waals surface area contributed by atoms with E-state index in [4.69, 9.17) is 21.7 Å². The quantitative estimate of drug-likeness (QED) is 0.589. The maximum Gasteiger partial charge on any atom is 0.186 e. The number of hydrogen-bond acceptors (Lipinski definition) is 3. The van der Waals surface area contributed by atoms with Gasteiger partial charge in [0.1, 0.15) is 5.75 Å². The van der Waals surface area contributed by atoms with Crippen molar-refractivity contribution >= 4 is 23.3 Å². The van der Waals surface area contributed by atoms with Crippen molar-refractivity contribution in [1.29, 1.82) is 0 Å². The van der Waals surface area contributed by atoms with E-state index < -0.39 is 0 Å². The van der Waals surface area contributed by atoms with Gasteiger partial charge in [0.15, 0.2) is 5.05 Å². The molecule has 0 aliphatic heterocycles. The number of hydrogen-bond donors (Lipinski definition) is 0. The van der Waals surface area contributed by atoms with Crippen molar-refractivity contribution in [3.05, 3.63) is 35.4 Å². The Balaban J connectivity index is 2.77. The fourth-order valence-electron chi connectivity index (χ4n) is 1.25. The highest BCUT2D eigenvalue weighted by molar-refractivity contribution is 7.80. The van der Waals surface area contributed by atoms with Crippen LogP contribution in [0, 0.1) is 0 Å². The van der Waals surface area contributed by atoms with Gasteiger partial charge in [-0.25, -0.2) is 0 Å². The molecule has 2 nitrogen and oxygen atoms in total. The topological polar surface area (TPSA) is 18.5 Å². The molecule has 0 aliphatic rings. The van der Waals surface area contributed by atoms with Gasteiger partial charge in [-0.1, -0.05) is 12.1 Å². The molecular weight excluding hydrogens is 220 g/mol. The Bertz CT molecular complexity index is 379. The Labute approximate surface area is 102 Å². The summed E-state index contributed by atoms with van der Waals surface area (Å²) in [5.74, 6) is 0.849. The molecule has 0 N–H and O–H groups in total. The second-order valence-corrected chi connectivity index (χ2v) is 3.69. The molecule has 0 unspecified atom stereocenters. The molecule has 0 radical (unpaired) electrons. The van der Waals surface area contributed by atoms with E-state index in [0.717, 1.165) is 16.9 Å². The summed E-state index contributed by atoms with van der Waals surface area (Å²) in [6.07, 6.45) is 2.00. The van der Waals surface area contributed by atoms with E-state index in [-0.39, 0.29) is 0 Å². The van der Waals surface area contributed by atoms with E-state index in [2.05, 4.69) is 0 Å². The van der Waals surface area contributed by atoms with Crippen molar-refractivity contribution in [2.24, 2.45) is 0 Å². The van der Waals surface area contributed by atoms with Gasteiger partial charge in [0.25, 0.3) is 0 Å². The summed E-state index contributed by atoms with van der Waals surface area (Å²) < 4.78 is 10.3. The van der Waals surface area contributed by atoms with Crippen molar-refractivity contribution in [2.45, 2.75) is 13.8 Å². The highest BCUT2D eigenvalue weighted by Gasteiger charge is 1.99. The lowest BCUT2D eigenvalue weighted by atomic mass is 10.1. The van der Waals surface area contributed by atoms with E-state index in [1.807, 2.05) is 44.2 Å². The monoisotopic (exact) mass is 236 g/mol. The molecule has 1 rings (SSSR count). The number of thiocarbonyl (C=S) groups is 1. The molecule has 0 bridgehead atoms. The Morgan fingerprint density at radius 2 is 1.94 bits per heavy atom. The summed E-state index contributed by atoms with van der Waals surface area (Å²) in [6, 6.07) is 7.81. The molecule has 0 heterocycles. The smallest absolute Gasteiger partial charge is 0.186 e. The van der Waals surface area contributed by atoms with Crippen molar-refractivity contribution in [3.63, 3.8) is 0 Å².